The number of halogens is 3. The molecule has 1 aromatic rings. The van der Waals surface area contributed by atoms with Crippen molar-refractivity contribution < 1.29 is 18.0 Å². The van der Waals surface area contributed by atoms with Gasteiger partial charge in [-0.2, -0.15) is 11.8 Å². The van der Waals surface area contributed by atoms with Gasteiger partial charge >= 0.3 is 0 Å². The fraction of sp³-hybridized carbons (Fsp3) is 0.562. The third-order valence-corrected chi connectivity index (χ3v) is 6.10. The van der Waals surface area contributed by atoms with Crippen molar-refractivity contribution in [2.24, 2.45) is 5.92 Å². The highest BCUT2D eigenvalue weighted by Gasteiger charge is 2.35. The second-order valence-corrected chi connectivity index (χ2v) is 7.55. The van der Waals surface area contributed by atoms with Crippen LogP contribution in [0.2, 0.25) is 0 Å². The number of hydrogen-bond acceptors (Lipinski definition) is 2. The van der Waals surface area contributed by atoms with Crippen molar-refractivity contribution in [2.45, 2.75) is 49.0 Å². The molecule has 0 radical (unpaired) electrons. The van der Waals surface area contributed by atoms with E-state index in [2.05, 4.69) is 0 Å². The minimum Gasteiger partial charge on any atom is -0.299 e. The Hall–Kier alpha value is -0.970. The minimum atomic E-state index is -1.23. The molecular weight excluding hydrogens is 297 g/mol. The number of carbonyl (C=O) groups is 1. The van der Waals surface area contributed by atoms with Gasteiger partial charge in [0.15, 0.2) is 11.6 Å². The second-order valence-electron chi connectivity index (χ2n) is 5.94. The van der Waals surface area contributed by atoms with E-state index < -0.39 is 23.0 Å². The number of Topliss-reactive ketones (excluding diaryl/α,β-unsaturated/α-hetero) is 1. The van der Waals surface area contributed by atoms with Crippen molar-refractivity contribution in [3.63, 3.8) is 0 Å². The van der Waals surface area contributed by atoms with Crippen molar-refractivity contribution >= 4 is 17.5 Å². The summed E-state index contributed by atoms with van der Waals surface area (Å²) in [6.07, 6.45) is 4.68. The van der Waals surface area contributed by atoms with Gasteiger partial charge in [-0.15, -0.1) is 0 Å². The normalized spacial score (nSPS) is 28.4. The fourth-order valence-corrected chi connectivity index (χ4v) is 5.21. The SMILES string of the molecule is O=C(Cc1c(F)ccc(F)c1F)C1CC2CCCC(C1)S2. The molecular formula is C16H17F3OS. The largest absolute Gasteiger partial charge is 0.299 e. The second kappa shape index (κ2) is 6.03. The van der Waals surface area contributed by atoms with E-state index in [1.54, 1.807) is 0 Å². The van der Waals surface area contributed by atoms with Gasteiger partial charge < -0.3 is 0 Å². The molecule has 3 rings (SSSR count). The Kier molecular flexibility index (Phi) is 4.29. The number of benzene rings is 1. The Morgan fingerprint density at radius 2 is 1.71 bits per heavy atom. The summed E-state index contributed by atoms with van der Waals surface area (Å²) >= 11 is 1.95. The van der Waals surface area contributed by atoms with E-state index in [4.69, 9.17) is 0 Å². The van der Waals surface area contributed by atoms with E-state index in [9.17, 15) is 18.0 Å². The molecule has 0 aliphatic carbocycles. The van der Waals surface area contributed by atoms with E-state index >= 15 is 0 Å². The van der Waals surface area contributed by atoms with E-state index in [1.165, 1.54) is 6.42 Å². The molecule has 2 fully saturated rings. The summed E-state index contributed by atoms with van der Waals surface area (Å²) in [5, 5.41) is 0.988. The number of thioether (sulfide) groups is 1. The first-order valence-corrected chi connectivity index (χ1v) is 8.29. The molecule has 2 atom stereocenters. The topological polar surface area (TPSA) is 17.1 Å². The maximum atomic E-state index is 13.6. The Balaban J connectivity index is 1.73. The van der Waals surface area contributed by atoms with Crippen LogP contribution in [-0.4, -0.2) is 16.3 Å². The summed E-state index contributed by atoms with van der Waals surface area (Å²) < 4.78 is 40.5. The van der Waals surface area contributed by atoms with Crippen LogP contribution in [0.25, 0.3) is 0 Å². The predicted octanol–water partition coefficient (Wildman–Crippen LogP) is 4.28. The number of hydrogen-bond donors (Lipinski definition) is 0. The Bertz CT molecular complexity index is 549. The van der Waals surface area contributed by atoms with Crippen LogP contribution in [0.5, 0.6) is 0 Å². The molecule has 2 heterocycles. The lowest BCUT2D eigenvalue weighted by Gasteiger charge is -2.38. The summed E-state index contributed by atoms with van der Waals surface area (Å²) in [4.78, 5) is 12.3. The first-order chi connectivity index (χ1) is 10.0. The standard InChI is InChI=1S/C16H17F3OS/c17-13-4-5-14(18)16(19)12(13)8-15(20)9-6-10-2-1-3-11(7-9)21-10/h4-5,9-11H,1-3,6-8H2. The third kappa shape index (κ3) is 3.12. The lowest BCUT2D eigenvalue weighted by molar-refractivity contribution is -0.122. The van der Waals surface area contributed by atoms with Crippen molar-refractivity contribution in [1.82, 2.24) is 0 Å². The summed E-state index contributed by atoms with van der Waals surface area (Å²) in [6.45, 7) is 0. The highest BCUT2D eigenvalue weighted by Crippen LogP contribution is 2.44. The van der Waals surface area contributed by atoms with Gasteiger partial charge in [-0.1, -0.05) is 6.42 Å². The summed E-state index contributed by atoms with van der Waals surface area (Å²) in [7, 11) is 0. The van der Waals surface area contributed by atoms with Crippen LogP contribution in [0.4, 0.5) is 13.2 Å². The zero-order valence-corrected chi connectivity index (χ0v) is 12.4. The van der Waals surface area contributed by atoms with E-state index in [0.29, 0.717) is 10.5 Å². The molecule has 2 aliphatic heterocycles. The first-order valence-electron chi connectivity index (χ1n) is 7.35. The predicted molar refractivity (Wildman–Crippen MR) is 76.8 cm³/mol. The molecule has 2 bridgehead atoms. The van der Waals surface area contributed by atoms with E-state index in [-0.39, 0.29) is 18.1 Å². The van der Waals surface area contributed by atoms with Crippen LogP contribution >= 0.6 is 11.8 Å². The molecule has 0 saturated carbocycles. The molecule has 114 valence electrons. The van der Waals surface area contributed by atoms with Gasteiger partial charge in [0, 0.05) is 28.4 Å². The van der Waals surface area contributed by atoms with Gasteiger partial charge in [-0.3, -0.25) is 4.79 Å². The van der Waals surface area contributed by atoms with Crippen LogP contribution in [-0.2, 0) is 11.2 Å². The fourth-order valence-electron chi connectivity index (χ4n) is 3.37. The number of fused-ring (bicyclic) bond motifs is 2. The maximum absolute atomic E-state index is 13.6. The first kappa shape index (κ1) is 14.9. The Morgan fingerprint density at radius 3 is 2.38 bits per heavy atom. The van der Waals surface area contributed by atoms with Crippen LogP contribution in [0.15, 0.2) is 12.1 Å². The highest BCUT2D eigenvalue weighted by molar-refractivity contribution is 8.00. The summed E-state index contributed by atoms with van der Waals surface area (Å²) in [6, 6.07) is 1.63. The average molecular weight is 314 g/mol. The molecule has 0 amide bonds. The Labute approximate surface area is 126 Å². The molecule has 1 aromatic carbocycles. The van der Waals surface area contributed by atoms with Gasteiger partial charge in [-0.25, -0.2) is 13.2 Å². The molecule has 1 nitrogen and oxygen atoms in total. The lowest BCUT2D eigenvalue weighted by atomic mass is 9.84. The molecule has 2 unspecified atom stereocenters. The zero-order chi connectivity index (χ0) is 15.0. The molecule has 0 N–H and O–H groups in total. The maximum Gasteiger partial charge on any atom is 0.165 e. The van der Waals surface area contributed by atoms with E-state index in [1.807, 2.05) is 11.8 Å². The van der Waals surface area contributed by atoms with Gasteiger partial charge in [0.2, 0.25) is 0 Å². The van der Waals surface area contributed by atoms with E-state index in [0.717, 1.165) is 37.8 Å². The van der Waals surface area contributed by atoms with Crippen LogP contribution in [0.3, 0.4) is 0 Å². The monoisotopic (exact) mass is 314 g/mol. The molecule has 2 saturated heterocycles. The quantitative estimate of drug-likeness (QED) is 0.775. The molecule has 0 aromatic heterocycles. The van der Waals surface area contributed by atoms with Crippen molar-refractivity contribution in [1.29, 1.82) is 0 Å². The number of carbonyl (C=O) groups excluding carboxylic acids is 1. The number of rotatable bonds is 3. The van der Waals surface area contributed by atoms with Gasteiger partial charge in [-0.05, 0) is 37.8 Å². The summed E-state index contributed by atoms with van der Waals surface area (Å²) in [5.74, 6) is -3.46. The molecule has 21 heavy (non-hydrogen) atoms. The van der Waals surface area contributed by atoms with Crippen molar-refractivity contribution in [2.75, 3.05) is 0 Å². The Morgan fingerprint density at radius 1 is 1.10 bits per heavy atom. The summed E-state index contributed by atoms with van der Waals surface area (Å²) in [5.41, 5.74) is -0.427. The minimum absolute atomic E-state index is 0.136. The number of ketones is 1. The van der Waals surface area contributed by atoms with Crippen LogP contribution in [0, 0.1) is 23.4 Å². The van der Waals surface area contributed by atoms with Gasteiger partial charge in [0.1, 0.15) is 11.6 Å². The zero-order valence-electron chi connectivity index (χ0n) is 11.6. The highest BCUT2D eigenvalue weighted by atomic mass is 32.2. The molecule has 0 spiro atoms. The smallest absolute Gasteiger partial charge is 0.165 e. The molecule has 5 heteroatoms. The van der Waals surface area contributed by atoms with Crippen LogP contribution in [0.1, 0.15) is 37.7 Å². The van der Waals surface area contributed by atoms with Gasteiger partial charge in [0.25, 0.3) is 0 Å². The van der Waals surface area contributed by atoms with Crippen molar-refractivity contribution in [3.8, 4) is 0 Å². The van der Waals surface area contributed by atoms with Crippen molar-refractivity contribution in [3.05, 3.63) is 35.1 Å². The molecule has 2 aliphatic rings. The third-order valence-electron chi connectivity index (χ3n) is 4.48. The lowest BCUT2D eigenvalue weighted by Crippen LogP contribution is -2.33. The van der Waals surface area contributed by atoms with Crippen LogP contribution < -0.4 is 0 Å². The average Bonchev–Trinajstić information content (AvgIpc) is 2.47. The van der Waals surface area contributed by atoms with Gasteiger partial charge in [0.05, 0.1) is 0 Å².